The number of hydrogen-bond donors (Lipinski definition) is 0. The molecule has 0 atom stereocenters. The van der Waals surface area contributed by atoms with Gasteiger partial charge in [0.05, 0.1) is 10.7 Å². The van der Waals surface area contributed by atoms with E-state index in [2.05, 4.69) is 6.58 Å². The number of carbonyl (C=O) groups excluding carboxylic acids is 1. The van der Waals surface area contributed by atoms with Crippen LogP contribution in [0.4, 0.5) is 10.1 Å². The SMILES string of the molecule is C=CCOc1cc(N2CC3=C(CCCC3)C2=O)c(F)cc1Cl. The molecule has 1 aliphatic heterocycles. The Morgan fingerprint density at radius 3 is 2.86 bits per heavy atom. The molecule has 0 fully saturated rings. The quantitative estimate of drug-likeness (QED) is 0.775. The number of ether oxygens (including phenoxy) is 1. The lowest BCUT2D eigenvalue weighted by molar-refractivity contribution is -0.114. The largest absolute Gasteiger partial charge is 0.488 e. The summed E-state index contributed by atoms with van der Waals surface area (Å²) in [6.45, 7) is 4.31. The highest BCUT2D eigenvalue weighted by atomic mass is 35.5. The number of rotatable bonds is 4. The highest BCUT2D eigenvalue weighted by Gasteiger charge is 2.34. The van der Waals surface area contributed by atoms with Crippen LogP contribution in [0.15, 0.2) is 35.9 Å². The molecule has 0 radical (unpaired) electrons. The molecule has 3 rings (SSSR count). The van der Waals surface area contributed by atoms with Crippen LogP contribution >= 0.6 is 11.6 Å². The molecule has 0 unspecified atom stereocenters. The molecule has 0 aromatic heterocycles. The maximum absolute atomic E-state index is 14.3. The molecule has 2 aliphatic rings. The van der Waals surface area contributed by atoms with Crippen molar-refractivity contribution < 1.29 is 13.9 Å². The molecular formula is C17H17ClFNO2. The monoisotopic (exact) mass is 321 g/mol. The van der Waals surface area contributed by atoms with Crippen molar-refractivity contribution in [3.63, 3.8) is 0 Å². The van der Waals surface area contributed by atoms with Gasteiger partial charge >= 0.3 is 0 Å². The van der Waals surface area contributed by atoms with Gasteiger partial charge in [0, 0.05) is 18.2 Å². The van der Waals surface area contributed by atoms with Crippen LogP contribution in [-0.4, -0.2) is 19.1 Å². The predicted molar refractivity (Wildman–Crippen MR) is 84.9 cm³/mol. The van der Waals surface area contributed by atoms with Gasteiger partial charge in [-0.15, -0.1) is 0 Å². The zero-order valence-electron chi connectivity index (χ0n) is 12.2. The number of halogens is 2. The summed E-state index contributed by atoms with van der Waals surface area (Å²) in [5.74, 6) is -0.245. The molecule has 0 saturated carbocycles. The summed E-state index contributed by atoms with van der Waals surface area (Å²) >= 11 is 5.99. The smallest absolute Gasteiger partial charge is 0.254 e. The zero-order chi connectivity index (χ0) is 15.7. The van der Waals surface area contributed by atoms with Crippen molar-refractivity contribution in [3.05, 3.63) is 46.8 Å². The highest BCUT2D eigenvalue weighted by molar-refractivity contribution is 6.32. The lowest BCUT2D eigenvalue weighted by Gasteiger charge is -2.19. The third-order valence-electron chi connectivity index (χ3n) is 4.08. The number of hydrogen-bond acceptors (Lipinski definition) is 2. The molecule has 22 heavy (non-hydrogen) atoms. The molecule has 0 saturated heterocycles. The fourth-order valence-corrected chi connectivity index (χ4v) is 3.21. The third kappa shape index (κ3) is 2.63. The molecule has 0 spiro atoms. The van der Waals surface area contributed by atoms with Gasteiger partial charge in [-0.3, -0.25) is 4.79 Å². The van der Waals surface area contributed by atoms with E-state index in [1.54, 1.807) is 6.08 Å². The topological polar surface area (TPSA) is 29.5 Å². The van der Waals surface area contributed by atoms with Gasteiger partial charge in [0.1, 0.15) is 18.2 Å². The van der Waals surface area contributed by atoms with Gasteiger partial charge in [-0.2, -0.15) is 0 Å². The van der Waals surface area contributed by atoms with Crippen molar-refractivity contribution >= 4 is 23.2 Å². The molecule has 5 heteroatoms. The Morgan fingerprint density at radius 1 is 1.36 bits per heavy atom. The predicted octanol–water partition coefficient (Wildman–Crippen LogP) is 4.26. The Bertz CT molecular complexity index is 669. The first-order valence-electron chi connectivity index (χ1n) is 7.37. The van der Waals surface area contributed by atoms with Crippen molar-refractivity contribution in [1.29, 1.82) is 0 Å². The normalized spacial score (nSPS) is 17.7. The lowest BCUT2D eigenvalue weighted by atomic mass is 9.94. The summed E-state index contributed by atoms with van der Waals surface area (Å²) in [6.07, 6.45) is 5.42. The van der Waals surface area contributed by atoms with E-state index in [9.17, 15) is 9.18 Å². The van der Waals surface area contributed by atoms with E-state index < -0.39 is 5.82 Å². The summed E-state index contributed by atoms with van der Waals surface area (Å²) in [7, 11) is 0. The maximum atomic E-state index is 14.3. The fourth-order valence-electron chi connectivity index (χ4n) is 3.01. The van der Waals surface area contributed by atoms with Crippen molar-refractivity contribution in [2.24, 2.45) is 0 Å². The van der Waals surface area contributed by atoms with Crippen LogP contribution in [0.2, 0.25) is 5.02 Å². The minimum Gasteiger partial charge on any atom is -0.488 e. The van der Waals surface area contributed by atoms with Gasteiger partial charge in [0.25, 0.3) is 5.91 Å². The number of amides is 1. The molecule has 1 aliphatic carbocycles. The molecule has 0 bridgehead atoms. The van der Waals surface area contributed by atoms with Crippen LogP contribution in [0.25, 0.3) is 0 Å². The second-order valence-electron chi connectivity index (χ2n) is 5.51. The van der Waals surface area contributed by atoms with E-state index in [4.69, 9.17) is 16.3 Å². The fraction of sp³-hybridized carbons (Fsp3) is 0.353. The minimum absolute atomic E-state index is 0.0920. The van der Waals surface area contributed by atoms with Crippen LogP contribution in [-0.2, 0) is 4.79 Å². The Hall–Kier alpha value is -1.81. The first-order valence-corrected chi connectivity index (χ1v) is 7.75. The van der Waals surface area contributed by atoms with Gasteiger partial charge in [0.2, 0.25) is 0 Å². The molecule has 1 aromatic carbocycles. The van der Waals surface area contributed by atoms with E-state index in [1.165, 1.54) is 17.0 Å². The van der Waals surface area contributed by atoms with E-state index >= 15 is 0 Å². The summed E-state index contributed by atoms with van der Waals surface area (Å²) in [5.41, 5.74) is 2.22. The Balaban J connectivity index is 1.92. The molecule has 116 valence electrons. The van der Waals surface area contributed by atoms with E-state index in [0.717, 1.165) is 36.8 Å². The van der Waals surface area contributed by atoms with Gasteiger partial charge in [-0.25, -0.2) is 4.39 Å². The van der Waals surface area contributed by atoms with Crippen LogP contribution in [0.5, 0.6) is 5.75 Å². The number of nitrogens with zero attached hydrogens (tertiary/aromatic N) is 1. The molecule has 1 heterocycles. The molecular weight excluding hydrogens is 305 g/mol. The minimum atomic E-state index is -0.510. The lowest BCUT2D eigenvalue weighted by Crippen LogP contribution is -2.27. The van der Waals surface area contributed by atoms with E-state index in [1.807, 2.05) is 0 Å². The number of anilines is 1. The first kappa shape index (κ1) is 15.1. The van der Waals surface area contributed by atoms with Crippen molar-refractivity contribution in [1.82, 2.24) is 0 Å². The van der Waals surface area contributed by atoms with Gasteiger partial charge in [-0.1, -0.05) is 24.3 Å². The Labute approximate surface area is 134 Å². The Kier molecular flexibility index (Phi) is 4.21. The second kappa shape index (κ2) is 6.13. The van der Waals surface area contributed by atoms with E-state index in [-0.39, 0.29) is 23.2 Å². The number of carbonyl (C=O) groups is 1. The van der Waals surface area contributed by atoms with Crippen molar-refractivity contribution in [2.45, 2.75) is 25.7 Å². The van der Waals surface area contributed by atoms with Gasteiger partial charge in [0.15, 0.2) is 0 Å². The first-order chi connectivity index (χ1) is 10.6. The number of benzene rings is 1. The zero-order valence-corrected chi connectivity index (χ0v) is 13.0. The van der Waals surface area contributed by atoms with Crippen molar-refractivity contribution in [2.75, 3.05) is 18.1 Å². The average Bonchev–Trinajstić information content (AvgIpc) is 2.84. The van der Waals surface area contributed by atoms with Crippen LogP contribution in [0.1, 0.15) is 25.7 Å². The molecule has 1 aromatic rings. The highest BCUT2D eigenvalue weighted by Crippen LogP contribution is 2.38. The summed E-state index contributed by atoms with van der Waals surface area (Å²) in [4.78, 5) is 14.0. The third-order valence-corrected chi connectivity index (χ3v) is 4.38. The molecule has 1 amide bonds. The Morgan fingerprint density at radius 2 is 2.14 bits per heavy atom. The summed E-state index contributed by atoms with van der Waals surface area (Å²) in [5, 5.41) is 0.187. The molecule has 0 N–H and O–H groups in total. The van der Waals surface area contributed by atoms with Crippen LogP contribution < -0.4 is 9.64 Å². The van der Waals surface area contributed by atoms with Crippen molar-refractivity contribution in [3.8, 4) is 5.75 Å². The molecule has 3 nitrogen and oxygen atoms in total. The summed E-state index contributed by atoms with van der Waals surface area (Å²) in [6, 6.07) is 2.69. The second-order valence-corrected chi connectivity index (χ2v) is 5.92. The maximum Gasteiger partial charge on any atom is 0.254 e. The average molecular weight is 322 g/mol. The van der Waals surface area contributed by atoms with Crippen LogP contribution in [0, 0.1) is 5.82 Å². The van der Waals surface area contributed by atoms with E-state index in [0.29, 0.717) is 12.3 Å². The standard InChI is InChI=1S/C17H17ClFNO2/c1-2-7-22-16-9-15(14(19)8-13(16)18)20-10-11-5-3-4-6-12(11)17(20)21/h2,8-9H,1,3-7,10H2. The van der Waals surface area contributed by atoms with Gasteiger partial charge < -0.3 is 9.64 Å². The summed E-state index contributed by atoms with van der Waals surface area (Å²) < 4.78 is 19.7. The van der Waals surface area contributed by atoms with Crippen LogP contribution in [0.3, 0.4) is 0 Å². The van der Waals surface area contributed by atoms with Gasteiger partial charge in [-0.05, 0) is 37.3 Å².